The highest BCUT2D eigenvalue weighted by molar-refractivity contribution is 5.92. The molecule has 1 aromatic heterocycles. The van der Waals surface area contributed by atoms with Crippen molar-refractivity contribution in [2.75, 3.05) is 5.43 Å². The highest BCUT2D eigenvalue weighted by Gasteiger charge is 2.06. The topological polar surface area (TPSA) is 82.7 Å². The minimum Gasteiger partial charge on any atom is -0.298 e. The highest BCUT2D eigenvalue weighted by atomic mass is 16.2. The van der Waals surface area contributed by atoms with Gasteiger partial charge in [-0.2, -0.15) is 15.4 Å². The van der Waals surface area contributed by atoms with E-state index in [9.17, 15) is 4.79 Å². The Morgan fingerprint density at radius 1 is 1.44 bits per heavy atom. The summed E-state index contributed by atoms with van der Waals surface area (Å²) in [6.45, 7) is 1.98. The van der Waals surface area contributed by atoms with Crippen LogP contribution < -0.4 is 10.9 Å². The van der Waals surface area contributed by atoms with Crippen LogP contribution in [0.4, 0.5) is 5.69 Å². The standard InChI is InChI=1S/C10H11N5O/c1-7-3-2-4-8(5-7)12-14-10(16)9-6-11-15-13-9/h2-6,12H,1H3,(H,14,16)(H,11,13,15). The van der Waals surface area contributed by atoms with Gasteiger partial charge in [-0.1, -0.05) is 12.1 Å². The number of aromatic nitrogens is 3. The maximum absolute atomic E-state index is 11.5. The molecule has 0 aliphatic heterocycles. The van der Waals surface area contributed by atoms with Crippen molar-refractivity contribution in [1.29, 1.82) is 0 Å². The van der Waals surface area contributed by atoms with Crippen molar-refractivity contribution in [3.63, 3.8) is 0 Å². The molecule has 82 valence electrons. The molecule has 0 aliphatic rings. The Hall–Kier alpha value is -2.37. The van der Waals surface area contributed by atoms with Crippen molar-refractivity contribution >= 4 is 11.6 Å². The summed E-state index contributed by atoms with van der Waals surface area (Å²) in [7, 11) is 0. The first-order valence-corrected chi connectivity index (χ1v) is 4.74. The second-order valence-corrected chi connectivity index (χ2v) is 3.30. The zero-order chi connectivity index (χ0) is 11.4. The van der Waals surface area contributed by atoms with E-state index in [1.807, 2.05) is 31.2 Å². The number of carbonyl (C=O) groups is 1. The van der Waals surface area contributed by atoms with Crippen molar-refractivity contribution < 1.29 is 4.79 Å². The van der Waals surface area contributed by atoms with Gasteiger partial charge in [0.2, 0.25) is 0 Å². The van der Waals surface area contributed by atoms with E-state index >= 15 is 0 Å². The van der Waals surface area contributed by atoms with Crippen LogP contribution in [0.15, 0.2) is 30.5 Å². The number of rotatable bonds is 3. The Labute approximate surface area is 92.0 Å². The molecule has 3 N–H and O–H groups in total. The summed E-state index contributed by atoms with van der Waals surface area (Å²) in [4.78, 5) is 11.5. The van der Waals surface area contributed by atoms with E-state index in [4.69, 9.17) is 0 Å². The first-order chi connectivity index (χ1) is 7.75. The van der Waals surface area contributed by atoms with Gasteiger partial charge in [0, 0.05) is 0 Å². The number of amides is 1. The Morgan fingerprint density at radius 2 is 2.31 bits per heavy atom. The molecule has 0 saturated carbocycles. The Morgan fingerprint density at radius 3 is 3.00 bits per heavy atom. The number of nitrogens with zero attached hydrogens (tertiary/aromatic N) is 2. The third-order valence-corrected chi connectivity index (χ3v) is 1.99. The highest BCUT2D eigenvalue weighted by Crippen LogP contribution is 2.07. The Balaban J connectivity index is 1.95. The number of nitrogens with one attached hydrogen (secondary N) is 3. The lowest BCUT2D eigenvalue weighted by Crippen LogP contribution is -2.29. The summed E-state index contributed by atoms with van der Waals surface area (Å²) in [5.74, 6) is -0.338. The van der Waals surface area contributed by atoms with E-state index in [1.165, 1.54) is 6.20 Å². The first-order valence-electron chi connectivity index (χ1n) is 4.74. The molecule has 2 rings (SSSR count). The lowest BCUT2D eigenvalue weighted by Gasteiger charge is -2.07. The predicted molar refractivity (Wildman–Crippen MR) is 58.7 cm³/mol. The summed E-state index contributed by atoms with van der Waals surface area (Å²) in [6.07, 6.45) is 1.35. The molecule has 0 fully saturated rings. The average Bonchev–Trinajstić information content (AvgIpc) is 2.79. The molecule has 6 nitrogen and oxygen atoms in total. The normalized spacial score (nSPS) is 9.81. The molecule has 0 unspecified atom stereocenters. The van der Waals surface area contributed by atoms with Crippen LogP contribution in [0.3, 0.4) is 0 Å². The molecule has 6 heteroatoms. The van der Waals surface area contributed by atoms with Gasteiger partial charge in [-0.25, -0.2) is 0 Å². The van der Waals surface area contributed by atoms with Crippen LogP contribution in [0, 0.1) is 6.92 Å². The molecule has 0 spiro atoms. The van der Waals surface area contributed by atoms with Crippen molar-refractivity contribution in [2.24, 2.45) is 0 Å². The summed E-state index contributed by atoms with van der Waals surface area (Å²) in [5, 5.41) is 9.57. The summed E-state index contributed by atoms with van der Waals surface area (Å²) < 4.78 is 0. The SMILES string of the molecule is Cc1cccc(NNC(=O)c2cn[nH]n2)c1. The van der Waals surface area contributed by atoms with E-state index in [2.05, 4.69) is 26.3 Å². The number of aryl methyl sites for hydroxylation is 1. The van der Waals surface area contributed by atoms with Gasteiger partial charge in [0.05, 0.1) is 11.9 Å². The number of H-pyrrole nitrogens is 1. The Kier molecular flexibility index (Phi) is 2.81. The largest absolute Gasteiger partial charge is 0.298 e. The van der Waals surface area contributed by atoms with Gasteiger partial charge >= 0.3 is 0 Å². The molecule has 0 atom stereocenters. The van der Waals surface area contributed by atoms with Crippen LogP contribution in [0.1, 0.15) is 16.1 Å². The summed E-state index contributed by atoms with van der Waals surface area (Å²) >= 11 is 0. The van der Waals surface area contributed by atoms with Crippen LogP contribution in [0.2, 0.25) is 0 Å². The fraction of sp³-hybridized carbons (Fsp3) is 0.100. The molecular weight excluding hydrogens is 206 g/mol. The van der Waals surface area contributed by atoms with Gasteiger partial charge in [0.15, 0.2) is 5.69 Å². The Bertz CT molecular complexity index is 480. The van der Waals surface area contributed by atoms with E-state index in [0.717, 1.165) is 11.3 Å². The lowest BCUT2D eigenvalue weighted by atomic mass is 10.2. The van der Waals surface area contributed by atoms with Crippen LogP contribution >= 0.6 is 0 Å². The number of hydrogen-bond donors (Lipinski definition) is 3. The minimum atomic E-state index is -0.338. The smallest absolute Gasteiger partial charge is 0.291 e. The van der Waals surface area contributed by atoms with Crippen molar-refractivity contribution in [3.05, 3.63) is 41.7 Å². The van der Waals surface area contributed by atoms with Crippen LogP contribution in [0.5, 0.6) is 0 Å². The predicted octanol–water partition coefficient (Wildman–Crippen LogP) is 0.870. The number of anilines is 1. The molecule has 2 aromatic rings. The third-order valence-electron chi connectivity index (χ3n) is 1.99. The monoisotopic (exact) mass is 217 g/mol. The van der Waals surface area contributed by atoms with Gasteiger partial charge in [-0.3, -0.25) is 15.6 Å². The maximum atomic E-state index is 11.5. The number of benzene rings is 1. The van der Waals surface area contributed by atoms with Crippen molar-refractivity contribution in [3.8, 4) is 0 Å². The number of aromatic amines is 1. The molecule has 1 aromatic carbocycles. The van der Waals surface area contributed by atoms with Gasteiger partial charge in [-0.05, 0) is 24.6 Å². The lowest BCUT2D eigenvalue weighted by molar-refractivity contribution is 0.0957. The van der Waals surface area contributed by atoms with Crippen molar-refractivity contribution in [1.82, 2.24) is 20.8 Å². The molecule has 1 heterocycles. The molecule has 1 amide bonds. The first kappa shape index (κ1) is 10.2. The molecule has 0 aliphatic carbocycles. The van der Waals surface area contributed by atoms with E-state index in [0.29, 0.717) is 0 Å². The molecule has 0 bridgehead atoms. The molecule has 0 radical (unpaired) electrons. The van der Waals surface area contributed by atoms with Gasteiger partial charge < -0.3 is 0 Å². The maximum Gasteiger partial charge on any atom is 0.291 e. The number of hydrogen-bond acceptors (Lipinski definition) is 4. The molecular formula is C10H11N5O. The van der Waals surface area contributed by atoms with Gasteiger partial charge in [-0.15, -0.1) is 0 Å². The fourth-order valence-corrected chi connectivity index (χ4v) is 1.23. The second-order valence-electron chi connectivity index (χ2n) is 3.30. The summed E-state index contributed by atoms with van der Waals surface area (Å²) in [5.41, 5.74) is 7.47. The van der Waals surface area contributed by atoms with Gasteiger partial charge in [0.25, 0.3) is 5.91 Å². The van der Waals surface area contributed by atoms with E-state index < -0.39 is 0 Å². The van der Waals surface area contributed by atoms with E-state index in [-0.39, 0.29) is 11.6 Å². The van der Waals surface area contributed by atoms with Crippen LogP contribution in [0.25, 0.3) is 0 Å². The number of hydrazine groups is 1. The minimum absolute atomic E-state index is 0.236. The van der Waals surface area contributed by atoms with Crippen LogP contribution in [-0.4, -0.2) is 21.3 Å². The average molecular weight is 217 g/mol. The zero-order valence-corrected chi connectivity index (χ0v) is 8.69. The third kappa shape index (κ3) is 2.35. The fourth-order valence-electron chi connectivity index (χ4n) is 1.23. The summed E-state index contributed by atoms with van der Waals surface area (Å²) in [6, 6.07) is 7.66. The van der Waals surface area contributed by atoms with Crippen LogP contribution in [-0.2, 0) is 0 Å². The quantitative estimate of drug-likeness (QED) is 0.666. The number of carbonyl (C=O) groups excluding carboxylic acids is 1. The zero-order valence-electron chi connectivity index (χ0n) is 8.69. The second kappa shape index (κ2) is 4.43. The molecule has 0 saturated heterocycles. The van der Waals surface area contributed by atoms with Crippen molar-refractivity contribution in [2.45, 2.75) is 6.92 Å². The van der Waals surface area contributed by atoms with E-state index in [1.54, 1.807) is 0 Å². The van der Waals surface area contributed by atoms with Gasteiger partial charge in [0.1, 0.15) is 0 Å². The molecule has 16 heavy (non-hydrogen) atoms.